The van der Waals surface area contributed by atoms with E-state index in [1.54, 1.807) is 23.2 Å². The smallest absolute Gasteiger partial charge is 0.303 e. The number of aliphatic carboxylic acids is 1. The van der Waals surface area contributed by atoms with Crippen LogP contribution in [0.15, 0.2) is 17.4 Å². The molecule has 0 atom stereocenters. The van der Waals surface area contributed by atoms with Gasteiger partial charge in [0.2, 0.25) is 0 Å². The number of rotatable bonds is 5. The molecule has 20 heavy (non-hydrogen) atoms. The van der Waals surface area contributed by atoms with Crippen LogP contribution in [0.3, 0.4) is 0 Å². The number of thiocarbonyl (C=S) groups is 1. The molecular weight excluding hydrogens is 298 g/mol. The number of carbonyl (C=O) groups excluding carboxylic acids is 1. The minimum Gasteiger partial charge on any atom is -0.481 e. The quantitative estimate of drug-likeness (QED) is 0.656. The Hall–Kier alpha value is -1.67. The number of imidazole rings is 1. The largest absolute Gasteiger partial charge is 0.481 e. The van der Waals surface area contributed by atoms with Crippen molar-refractivity contribution in [1.82, 2.24) is 14.5 Å². The summed E-state index contributed by atoms with van der Waals surface area (Å²) < 4.78 is 2.27. The van der Waals surface area contributed by atoms with Gasteiger partial charge in [0.25, 0.3) is 5.91 Å². The third-order valence-electron chi connectivity index (χ3n) is 2.78. The Bertz CT molecular complexity index is 595. The molecule has 0 unspecified atom stereocenters. The minimum absolute atomic E-state index is 0.0256. The highest BCUT2D eigenvalue weighted by Gasteiger charge is 2.31. The Balaban J connectivity index is 2.07. The predicted molar refractivity (Wildman–Crippen MR) is 80.0 cm³/mol. The maximum Gasteiger partial charge on any atom is 0.303 e. The normalized spacial score (nSPS) is 17.2. The standard InChI is InChI=1S/C12H13N3O3S2/c1-14-7-13-6-8(14)5-9-11(18)15(12(19)20-9)4-2-3-10(16)17/h5-7H,2-4H2,1H3,(H,16,17). The molecule has 6 nitrogen and oxygen atoms in total. The molecule has 0 aromatic carbocycles. The molecule has 2 heterocycles. The SMILES string of the molecule is Cn1cncc1C=C1SC(=S)N(CCCC(=O)O)C1=O. The van der Waals surface area contributed by atoms with Crippen LogP contribution in [-0.2, 0) is 16.6 Å². The summed E-state index contributed by atoms with van der Waals surface area (Å²) in [6.07, 6.45) is 5.47. The molecule has 1 N–H and O–H groups in total. The molecule has 1 aromatic rings. The molecule has 1 saturated heterocycles. The van der Waals surface area contributed by atoms with Crippen molar-refractivity contribution in [3.63, 3.8) is 0 Å². The lowest BCUT2D eigenvalue weighted by Gasteiger charge is -2.13. The molecule has 0 saturated carbocycles. The van der Waals surface area contributed by atoms with Gasteiger partial charge in [-0.25, -0.2) is 4.98 Å². The first-order valence-corrected chi connectivity index (χ1v) is 7.15. The minimum atomic E-state index is -0.874. The van der Waals surface area contributed by atoms with Gasteiger partial charge < -0.3 is 9.67 Å². The summed E-state index contributed by atoms with van der Waals surface area (Å²) in [6.45, 7) is 0.333. The fourth-order valence-electron chi connectivity index (χ4n) is 1.72. The summed E-state index contributed by atoms with van der Waals surface area (Å²) in [6, 6.07) is 0. The summed E-state index contributed by atoms with van der Waals surface area (Å²) in [7, 11) is 1.84. The first-order chi connectivity index (χ1) is 9.49. The van der Waals surface area contributed by atoms with E-state index in [2.05, 4.69) is 4.98 Å². The lowest BCUT2D eigenvalue weighted by molar-refractivity contribution is -0.137. The van der Waals surface area contributed by atoms with E-state index in [4.69, 9.17) is 17.3 Å². The van der Waals surface area contributed by atoms with E-state index >= 15 is 0 Å². The van der Waals surface area contributed by atoms with Gasteiger partial charge in [-0.2, -0.15) is 0 Å². The van der Waals surface area contributed by atoms with Gasteiger partial charge in [0.1, 0.15) is 4.32 Å². The molecular formula is C12H13N3O3S2. The molecule has 1 fully saturated rings. The molecule has 2 rings (SSSR count). The highest BCUT2D eigenvalue weighted by atomic mass is 32.2. The van der Waals surface area contributed by atoms with E-state index in [0.717, 1.165) is 5.69 Å². The Labute approximate surface area is 125 Å². The Kier molecular flexibility index (Phi) is 4.56. The highest BCUT2D eigenvalue weighted by molar-refractivity contribution is 8.26. The van der Waals surface area contributed by atoms with Crippen molar-refractivity contribution in [2.24, 2.45) is 7.05 Å². The molecule has 1 aliphatic heterocycles. The average Bonchev–Trinajstić information content (AvgIpc) is 2.88. The summed E-state index contributed by atoms with van der Waals surface area (Å²) >= 11 is 6.39. The molecule has 8 heteroatoms. The lowest BCUT2D eigenvalue weighted by Crippen LogP contribution is -2.29. The topological polar surface area (TPSA) is 75.4 Å². The number of hydrogen-bond acceptors (Lipinski definition) is 5. The van der Waals surface area contributed by atoms with E-state index in [9.17, 15) is 9.59 Å². The number of aromatic nitrogens is 2. The lowest BCUT2D eigenvalue weighted by atomic mass is 10.3. The number of amides is 1. The van der Waals surface area contributed by atoms with E-state index in [1.807, 2.05) is 7.05 Å². The van der Waals surface area contributed by atoms with Crippen molar-refractivity contribution in [2.75, 3.05) is 6.54 Å². The van der Waals surface area contributed by atoms with Crippen LogP contribution in [0.25, 0.3) is 6.08 Å². The molecule has 1 amide bonds. The van der Waals surface area contributed by atoms with Crippen LogP contribution in [0, 0.1) is 0 Å². The molecule has 0 spiro atoms. The van der Waals surface area contributed by atoms with Crippen LogP contribution < -0.4 is 0 Å². The highest BCUT2D eigenvalue weighted by Crippen LogP contribution is 2.32. The van der Waals surface area contributed by atoms with Gasteiger partial charge in [0.15, 0.2) is 0 Å². The molecule has 0 radical (unpaired) electrons. The zero-order chi connectivity index (χ0) is 14.7. The van der Waals surface area contributed by atoms with Crippen LogP contribution in [0.5, 0.6) is 0 Å². The van der Waals surface area contributed by atoms with Gasteiger partial charge >= 0.3 is 5.97 Å². The number of carboxylic acid groups (broad SMARTS) is 1. The van der Waals surface area contributed by atoms with Crippen LogP contribution in [0.2, 0.25) is 0 Å². The van der Waals surface area contributed by atoms with Gasteiger partial charge in [-0.05, 0) is 12.5 Å². The number of hydrogen-bond donors (Lipinski definition) is 1. The summed E-state index contributed by atoms with van der Waals surface area (Å²) in [5, 5.41) is 8.61. The fraction of sp³-hybridized carbons (Fsp3) is 0.333. The first kappa shape index (κ1) is 14.7. The third-order valence-corrected chi connectivity index (χ3v) is 4.16. The van der Waals surface area contributed by atoms with Gasteiger partial charge in [-0.1, -0.05) is 24.0 Å². The second-order valence-electron chi connectivity index (χ2n) is 4.26. The van der Waals surface area contributed by atoms with E-state index < -0.39 is 5.97 Å². The zero-order valence-electron chi connectivity index (χ0n) is 10.8. The second kappa shape index (κ2) is 6.19. The van der Waals surface area contributed by atoms with Crippen molar-refractivity contribution >= 4 is 46.3 Å². The van der Waals surface area contributed by atoms with Crippen molar-refractivity contribution in [1.29, 1.82) is 0 Å². The van der Waals surface area contributed by atoms with E-state index in [-0.39, 0.29) is 12.3 Å². The molecule has 0 bridgehead atoms. The number of nitrogens with zero attached hydrogens (tertiary/aromatic N) is 3. The summed E-state index contributed by atoms with van der Waals surface area (Å²) in [4.78, 5) is 28.7. The number of carboxylic acids is 1. The van der Waals surface area contributed by atoms with Crippen LogP contribution in [0.1, 0.15) is 18.5 Å². The van der Waals surface area contributed by atoms with Crippen molar-refractivity contribution < 1.29 is 14.7 Å². The molecule has 1 aliphatic rings. The monoisotopic (exact) mass is 311 g/mol. The van der Waals surface area contributed by atoms with Crippen molar-refractivity contribution in [3.8, 4) is 0 Å². The van der Waals surface area contributed by atoms with Gasteiger partial charge in [0, 0.05) is 20.0 Å². The number of thioether (sulfide) groups is 1. The summed E-state index contributed by atoms with van der Waals surface area (Å²) in [5.74, 6) is -1.05. The Morgan fingerprint density at radius 2 is 2.35 bits per heavy atom. The van der Waals surface area contributed by atoms with Crippen molar-refractivity contribution in [3.05, 3.63) is 23.1 Å². The number of aryl methyl sites for hydroxylation is 1. The van der Waals surface area contributed by atoms with Gasteiger partial charge in [-0.15, -0.1) is 0 Å². The van der Waals surface area contributed by atoms with Crippen LogP contribution in [-0.4, -0.2) is 42.3 Å². The maximum absolute atomic E-state index is 12.2. The van der Waals surface area contributed by atoms with E-state index in [1.165, 1.54) is 16.7 Å². The number of carbonyl (C=O) groups is 2. The van der Waals surface area contributed by atoms with Gasteiger partial charge in [0.05, 0.1) is 23.1 Å². The second-order valence-corrected chi connectivity index (χ2v) is 5.94. The van der Waals surface area contributed by atoms with Crippen LogP contribution in [0.4, 0.5) is 0 Å². The van der Waals surface area contributed by atoms with Crippen molar-refractivity contribution in [2.45, 2.75) is 12.8 Å². The van der Waals surface area contributed by atoms with Gasteiger partial charge in [-0.3, -0.25) is 14.5 Å². The Morgan fingerprint density at radius 3 is 2.95 bits per heavy atom. The average molecular weight is 311 g/mol. The van der Waals surface area contributed by atoms with E-state index in [0.29, 0.717) is 22.2 Å². The van der Waals surface area contributed by atoms with Crippen LogP contribution >= 0.6 is 24.0 Å². The third kappa shape index (κ3) is 3.26. The Morgan fingerprint density at radius 1 is 1.60 bits per heavy atom. The first-order valence-electron chi connectivity index (χ1n) is 5.92. The summed E-state index contributed by atoms with van der Waals surface area (Å²) in [5.41, 5.74) is 0.816. The predicted octanol–water partition coefficient (Wildman–Crippen LogP) is 1.49. The molecule has 106 valence electrons. The molecule has 0 aliphatic carbocycles. The zero-order valence-corrected chi connectivity index (χ0v) is 12.4. The fourth-order valence-corrected chi connectivity index (χ4v) is 3.02. The maximum atomic E-state index is 12.2. The molecule has 1 aromatic heterocycles.